The molecule has 11 atom stereocenters. The molecule has 20 heteroatoms. The van der Waals surface area contributed by atoms with Gasteiger partial charge < -0.3 is 56.8 Å². The summed E-state index contributed by atoms with van der Waals surface area (Å²) in [5, 5.41) is 0. The maximum Gasteiger partial charge on any atom is 0.339 e. The van der Waals surface area contributed by atoms with Crippen LogP contribution in [0, 0.1) is 32.5 Å². The SMILES string of the molecule is CCOC1(C(C)(C)C)OC2OC(C(=O)OC)C(OC(=O)C(C)(C)C)C(OC(=O)C(C)(C)C)C2O1.CCOC1OC(C(=O)OC)C(OC(=O)C(C)(C)C)C(OC(=O)C(C)(C)C)C1OC(=O)C(C)(C)C. The molecule has 0 radical (unpaired) electrons. The number of hydrogen-bond donors (Lipinski definition) is 0. The lowest BCUT2D eigenvalue weighted by molar-refractivity contribution is -0.396. The summed E-state index contributed by atoms with van der Waals surface area (Å²) in [5.74, 6) is -6.39. The highest BCUT2D eigenvalue weighted by molar-refractivity contribution is 5.81. The summed E-state index contributed by atoms with van der Waals surface area (Å²) in [4.78, 5) is 89.6. The fourth-order valence-electron chi connectivity index (χ4n) is 6.09. The Bertz CT molecular complexity index is 1780. The van der Waals surface area contributed by atoms with Crippen molar-refractivity contribution < 1.29 is 95.1 Å². The van der Waals surface area contributed by atoms with E-state index in [1.54, 1.807) is 118 Å². The van der Waals surface area contributed by atoms with Gasteiger partial charge in [-0.15, -0.1) is 0 Å². The molecule has 0 aliphatic carbocycles. The van der Waals surface area contributed by atoms with Gasteiger partial charge in [-0.05, 0) is 118 Å². The highest BCUT2D eigenvalue weighted by atomic mass is 16.9. The van der Waals surface area contributed by atoms with Crippen molar-refractivity contribution in [3.63, 3.8) is 0 Å². The normalized spacial score (nSPS) is 28.9. The lowest BCUT2D eigenvalue weighted by Gasteiger charge is -2.44. The minimum absolute atomic E-state index is 0.133. The molecule has 3 rings (SSSR count). The van der Waals surface area contributed by atoms with E-state index in [9.17, 15) is 33.6 Å². The second-order valence-electron chi connectivity index (χ2n) is 22.9. The Labute approximate surface area is 401 Å². The van der Waals surface area contributed by atoms with E-state index in [0.717, 1.165) is 7.11 Å². The molecule has 0 aromatic rings. The number of ether oxygens (including phenoxy) is 13. The van der Waals surface area contributed by atoms with E-state index < -0.39 is 142 Å². The molecule has 3 aliphatic heterocycles. The number of rotatable bonds is 11. The summed E-state index contributed by atoms with van der Waals surface area (Å²) < 4.78 is 73.9. The fourth-order valence-corrected chi connectivity index (χ4v) is 6.09. The Kier molecular flexibility index (Phi) is 19.8. The first kappa shape index (κ1) is 60.2. The van der Waals surface area contributed by atoms with Crippen molar-refractivity contribution in [2.75, 3.05) is 27.4 Å². The van der Waals surface area contributed by atoms with Crippen molar-refractivity contribution in [3.8, 4) is 0 Å². The fraction of sp³-hybridized carbons (Fsp3) is 0.854. The number of carbonyl (C=O) groups is 7. The molecule has 3 aliphatic rings. The molecule has 0 amide bonds. The minimum Gasteiger partial charge on any atom is -0.467 e. The third-order valence-corrected chi connectivity index (χ3v) is 10.3. The van der Waals surface area contributed by atoms with Crippen LogP contribution in [0.2, 0.25) is 0 Å². The highest BCUT2D eigenvalue weighted by Gasteiger charge is 2.66. The standard InChI is InChI=1S/2C24H40O10/c1-12-29-24(23(8,9)10)33-16-14(32-20(27)22(5,6)7)13(31-19(26)21(2,3)4)15(17(25)28-11)30-18(16)34-24;1-12-30-18-16(34-21(28)24(8,9)10)14(33-20(27)23(5,6)7)13(15(31-18)17(25)29-11)32-19(26)22(2,3)4/h2*13-16,18H,12H2,1-11H3. The van der Waals surface area contributed by atoms with Crippen LogP contribution in [0.5, 0.6) is 0 Å². The van der Waals surface area contributed by atoms with Gasteiger partial charge in [0.1, 0.15) is 0 Å². The first-order valence-corrected chi connectivity index (χ1v) is 22.9. The number of carbonyl (C=O) groups excluding carboxylic acids is 7. The number of methoxy groups -OCH3 is 2. The van der Waals surface area contributed by atoms with Crippen LogP contribution in [0.4, 0.5) is 0 Å². The molecule has 0 saturated carbocycles. The molecule has 0 aromatic heterocycles. The maximum absolute atomic E-state index is 12.9. The van der Waals surface area contributed by atoms with Crippen LogP contribution in [0.15, 0.2) is 0 Å². The molecule has 3 fully saturated rings. The van der Waals surface area contributed by atoms with Crippen molar-refractivity contribution in [1.29, 1.82) is 0 Å². The average molecular weight is 977 g/mol. The Hall–Kier alpha value is -3.95. The summed E-state index contributed by atoms with van der Waals surface area (Å²) in [5.41, 5.74) is -5.28. The van der Waals surface area contributed by atoms with Crippen LogP contribution < -0.4 is 0 Å². The summed E-state index contributed by atoms with van der Waals surface area (Å²) in [6, 6.07) is 0. The molecular formula is C48H80O20. The zero-order valence-electron chi connectivity index (χ0n) is 44.4. The van der Waals surface area contributed by atoms with Crippen LogP contribution >= 0.6 is 0 Å². The predicted molar refractivity (Wildman–Crippen MR) is 239 cm³/mol. The maximum atomic E-state index is 12.9. The molecule has 0 bridgehead atoms. The van der Waals surface area contributed by atoms with E-state index in [1.165, 1.54) is 7.11 Å². The Balaban J connectivity index is 0.000000467. The monoisotopic (exact) mass is 977 g/mol. The van der Waals surface area contributed by atoms with E-state index in [2.05, 4.69) is 0 Å². The van der Waals surface area contributed by atoms with Crippen molar-refractivity contribution in [2.45, 2.75) is 206 Å². The molecule has 0 spiro atoms. The van der Waals surface area contributed by atoms with Gasteiger partial charge in [-0.3, -0.25) is 28.7 Å². The van der Waals surface area contributed by atoms with E-state index in [-0.39, 0.29) is 13.2 Å². The minimum atomic E-state index is -1.56. The quantitative estimate of drug-likeness (QED) is 0.177. The summed E-state index contributed by atoms with van der Waals surface area (Å²) in [6.07, 6.45) is -13.2. The lowest BCUT2D eigenvalue weighted by Crippen LogP contribution is -2.65. The van der Waals surface area contributed by atoms with Gasteiger partial charge in [0.15, 0.2) is 61.4 Å². The smallest absolute Gasteiger partial charge is 0.339 e. The molecule has 0 N–H and O–H groups in total. The molecule has 392 valence electrons. The second kappa shape index (κ2) is 22.4. The topological polar surface area (TPSA) is 239 Å². The van der Waals surface area contributed by atoms with Crippen molar-refractivity contribution in [1.82, 2.24) is 0 Å². The van der Waals surface area contributed by atoms with Crippen LogP contribution in [0.25, 0.3) is 0 Å². The average Bonchev–Trinajstić information content (AvgIpc) is 3.58. The van der Waals surface area contributed by atoms with Gasteiger partial charge in [0.25, 0.3) is 5.97 Å². The predicted octanol–water partition coefficient (Wildman–Crippen LogP) is 5.75. The molecule has 3 heterocycles. The van der Waals surface area contributed by atoms with Gasteiger partial charge in [-0.1, -0.05) is 20.8 Å². The van der Waals surface area contributed by atoms with Crippen LogP contribution in [-0.2, 0) is 95.1 Å². The van der Waals surface area contributed by atoms with E-state index in [4.69, 9.17) is 61.6 Å². The van der Waals surface area contributed by atoms with Gasteiger partial charge >= 0.3 is 41.8 Å². The van der Waals surface area contributed by atoms with Gasteiger partial charge in [0.2, 0.25) is 0 Å². The van der Waals surface area contributed by atoms with Crippen molar-refractivity contribution >= 4 is 41.8 Å². The number of hydrogen-bond acceptors (Lipinski definition) is 20. The number of esters is 7. The summed E-state index contributed by atoms with van der Waals surface area (Å²) in [6.45, 7) is 34.2. The molecule has 3 saturated heterocycles. The van der Waals surface area contributed by atoms with Crippen molar-refractivity contribution in [2.24, 2.45) is 32.5 Å². The van der Waals surface area contributed by atoms with Gasteiger partial charge in [-0.25, -0.2) is 9.59 Å². The highest BCUT2D eigenvalue weighted by Crippen LogP contribution is 2.48. The zero-order valence-corrected chi connectivity index (χ0v) is 44.4. The van der Waals surface area contributed by atoms with Crippen molar-refractivity contribution in [3.05, 3.63) is 0 Å². The van der Waals surface area contributed by atoms with E-state index in [1.807, 2.05) is 20.8 Å². The van der Waals surface area contributed by atoms with E-state index >= 15 is 0 Å². The molecule has 11 unspecified atom stereocenters. The van der Waals surface area contributed by atoms with Crippen LogP contribution in [0.1, 0.15) is 138 Å². The largest absolute Gasteiger partial charge is 0.467 e. The first-order valence-electron chi connectivity index (χ1n) is 22.9. The second-order valence-corrected chi connectivity index (χ2v) is 22.9. The van der Waals surface area contributed by atoms with Crippen LogP contribution in [-0.4, -0.2) is 137 Å². The number of fused-ring (bicyclic) bond motifs is 1. The lowest BCUT2D eigenvalue weighted by atomic mass is 9.92. The Morgan fingerprint density at radius 1 is 0.441 bits per heavy atom. The molecule has 0 aromatic carbocycles. The molecule has 68 heavy (non-hydrogen) atoms. The van der Waals surface area contributed by atoms with Gasteiger partial charge in [0.05, 0.1) is 41.3 Å². The third-order valence-electron chi connectivity index (χ3n) is 10.3. The zero-order chi connectivity index (χ0) is 52.9. The molecule has 20 nitrogen and oxygen atoms in total. The third kappa shape index (κ3) is 15.0. The Morgan fingerprint density at radius 3 is 1.12 bits per heavy atom. The first-order chi connectivity index (χ1) is 30.7. The van der Waals surface area contributed by atoms with E-state index in [0.29, 0.717) is 0 Å². The summed E-state index contributed by atoms with van der Waals surface area (Å²) >= 11 is 0. The molecular weight excluding hydrogens is 897 g/mol. The van der Waals surface area contributed by atoms with Gasteiger partial charge in [0, 0.05) is 18.6 Å². The van der Waals surface area contributed by atoms with Crippen LogP contribution in [0.3, 0.4) is 0 Å². The summed E-state index contributed by atoms with van der Waals surface area (Å²) in [7, 11) is 2.33. The van der Waals surface area contributed by atoms with Gasteiger partial charge in [-0.2, -0.15) is 0 Å². The Morgan fingerprint density at radius 2 is 0.779 bits per heavy atom.